The van der Waals surface area contributed by atoms with E-state index in [-0.39, 0.29) is 23.7 Å². The number of hydrogen-bond acceptors (Lipinski definition) is 1. The molecule has 0 fully saturated rings. The predicted octanol–water partition coefficient (Wildman–Crippen LogP) is 14.8. The fourth-order valence-corrected chi connectivity index (χ4v) is 11.1. The quantitative estimate of drug-likeness (QED) is 0.0894. The molecule has 0 saturated carbocycles. The summed E-state index contributed by atoms with van der Waals surface area (Å²) in [7, 11) is 0. The molecule has 57 heavy (non-hydrogen) atoms. The Hall–Kier alpha value is -5.14. The van der Waals surface area contributed by atoms with Crippen molar-refractivity contribution in [2.45, 2.75) is 109 Å². The molecule has 6 aliphatic carbocycles. The third-order valence-corrected chi connectivity index (χ3v) is 13.8. The standard InChI is InChI=1S/C56H56O/c1-6-7-8-9-10-19-30-57-56-54-50-43-24-15-11-20-39(43)48(40-21-12-16-25-44(40)50)52(54)47(29-28-36-31-37(34(2)3)33-38(32-36)35(4)5)53-49-41-22-13-17-26-45(41)51(55(53)56)46-27-18-14-23-42(46)49/h11-18,20-29,31-35,48-51H,6-10,19,30H2,1-5H3/b29-28-. The van der Waals surface area contributed by atoms with Gasteiger partial charge in [-0.3, -0.25) is 0 Å². The molecule has 0 radical (unpaired) electrons. The van der Waals surface area contributed by atoms with Crippen LogP contribution in [0.1, 0.15) is 198 Å². The van der Waals surface area contributed by atoms with Gasteiger partial charge in [-0.15, -0.1) is 0 Å². The Kier molecular flexibility index (Phi) is 9.32. The minimum atomic E-state index is 0.122. The first-order valence-electron chi connectivity index (χ1n) is 22.0. The van der Waals surface area contributed by atoms with Gasteiger partial charge < -0.3 is 4.74 Å². The number of benzene rings is 6. The van der Waals surface area contributed by atoms with E-state index in [2.05, 4.69) is 162 Å². The molecule has 1 nitrogen and oxygen atoms in total. The predicted molar refractivity (Wildman–Crippen MR) is 238 cm³/mol. The highest BCUT2D eigenvalue weighted by atomic mass is 16.5. The third-order valence-electron chi connectivity index (χ3n) is 13.8. The molecule has 0 aromatic heterocycles. The molecule has 4 bridgehead atoms. The Bertz CT molecular complexity index is 2280. The Balaban J connectivity index is 1.26. The summed E-state index contributed by atoms with van der Waals surface area (Å²) in [6.07, 6.45) is 12.5. The highest BCUT2D eigenvalue weighted by molar-refractivity contribution is 5.87. The highest BCUT2D eigenvalue weighted by Gasteiger charge is 2.51. The zero-order valence-electron chi connectivity index (χ0n) is 34.4. The van der Waals surface area contributed by atoms with Crippen LogP contribution in [-0.4, -0.2) is 6.61 Å². The summed E-state index contributed by atoms with van der Waals surface area (Å²) in [5, 5.41) is 0. The first-order valence-corrected chi connectivity index (χ1v) is 22.0. The van der Waals surface area contributed by atoms with Crippen molar-refractivity contribution in [1.29, 1.82) is 0 Å². The van der Waals surface area contributed by atoms with Gasteiger partial charge in [0.2, 0.25) is 0 Å². The van der Waals surface area contributed by atoms with Crippen LogP contribution >= 0.6 is 0 Å². The van der Waals surface area contributed by atoms with E-state index in [0.29, 0.717) is 11.8 Å². The molecule has 0 saturated heterocycles. The Morgan fingerprint density at radius 1 is 0.456 bits per heavy atom. The molecule has 0 unspecified atom stereocenters. The van der Waals surface area contributed by atoms with Crippen LogP contribution in [0.5, 0.6) is 5.75 Å². The Labute approximate surface area is 340 Å². The average molecular weight is 745 g/mol. The van der Waals surface area contributed by atoms with Crippen molar-refractivity contribution in [3.05, 3.63) is 204 Å². The number of hydrogen-bond donors (Lipinski definition) is 0. The molecule has 0 aliphatic heterocycles. The monoisotopic (exact) mass is 744 g/mol. The van der Waals surface area contributed by atoms with Crippen molar-refractivity contribution in [2.24, 2.45) is 0 Å². The van der Waals surface area contributed by atoms with E-state index < -0.39 is 0 Å². The van der Waals surface area contributed by atoms with Crippen molar-refractivity contribution in [1.82, 2.24) is 0 Å². The van der Waals surface area contributed by atoms with E-state index in [9.17, 15) is 0 Å². The van der Waals surface area contributed by atoms with Gasteiger partial charge in [0.15, 0.2) is 0 Å². The molecular weight excluding hydrogens is 689 g/mol. The molecule has 0 amide bonds. The SMILES string of the molecule is CCCCCCCCOc1c2c(c(/C=C\c3cc(C(C)C)cc(C(C)C)c3)c3c1C1c4ccccc4C3c3ccccc31)C1c3ccccc3C2c2ccccc21. The molecule has 6 aliphatic rings. The van der Waals surface area contributed by atoms with Crippen LogP contribution in [-0.2, 0) is 0 Å². The lowest BCUT2D eigenvalue weighted by molar-refractivity contribution is 0.295. The Morgan fingerprint density at radius 3 is 1.21 bits per heavy atom. The highest BCUT2D eigenvalue weighted by Crippen LogP contribution is 2.66. The van der Waals surface area contributed by atoms with Gasteiger partial charge in [-0.1, -0.05) is 194 Å². The van der Waals surface area contributed by atoms with Gasteiger partial charge in [-0.2, -0.15) is 0 Å². The molecule has 0 heterocycles. The Morgan fingerprint density at radius 2 is 0.825 bits per heavy atom. The van der Waals surface area contributed by atoms with Crippen LogP contribution in [0.15, 0.2) is 115 Å². The second-order valence-corrected chi connectivity index (χ2v) is 17.8. The molecular formula is C56H56O. The first-order chi connectivity index (χ1) is 28.0. The van der Waals surface area contributed by atoms with Gasteiger partial charge >= 0.3 is 0 Å². The third kappa shape index (κ3) is 5.79. The first kappa shape index (κ1) is 36.2. The number of unbranched alkanes of at least 4 members (excludes halogenated alkanes) is 5. The van der Waals surface area contributed by atoms with Gasteiger partial charge in [-0.25, -0.2) is 0 Å². The lowest BCUT2D eigenvalue weighted by atomic mass is 9.54. The van der Waals surface area contributed by atoms with Crippen molar-refractivity contribution in [2.75, 3.05) is 6.61 Å². The van der Waals surface area contributed by atoms with Crippen molar-refractivity contribution in [3.63, 3.8) is 0 Å². The molecule has 0 N–H and O–H groups in total. The normalized spacial score (nSPS) is 19.0. The fourth-order valence-electron chi connectivity index (χ4n) is 11.1. The fraction of sp³-hybridized carbons (Fsp3) is 0.321. The summed E-state index contributed by atoms with van der Waals surface area (Å²) in [4.78, 5) is 0. The smallest absolute Gasteiger partial charge is 0.128 e. The van der Waals surface area contributed by atoms with E-state index in [1.807, 2.05) is 0 Å². The summed E-state index contributed by atoms with van der Waals surface area (Å²) in [6, 6.07) is 44.6. The zero-order chi connectivity index (χ0) is 38.8. The number of rotatable bonds is 12. The average Bonchev–Trinajstić information content (AvgIpc) is 3.24. The second-order valence-electron chi connectivity index (χ2n) is 17.8. The minimum Gasteiger partial charge on any atom is -0.493 e. The lowest BCUT2D eigenvalue weighted by Crippen LogP contribution is -2.34. The minimum absolute atomic E-state index is 0.122. The van der Waals surface area contributed by atoms with Crippen molar-refractivity contribution in [3.8, 4) is 5.75 Å². The summed E-state index contributed by atoms with van der Waals surface area (Å²) in [6.45, 7) is 12.3. The maximum Gasteiger partial charge on any atom is 0.128 e. The summed E-state index contributed by atoms with van der Waals surface area (Å²) < 4.78 is 7.45. The lowest BCUT2D eigenvalue weighted by Gasteiger charge is -2.49. The molecule has 1 heteroatoms. The molecule has 0 atom stereocenters. The van der Waals surface area contributed by atoms with Crippen LogP contribution in [0.2, 0.25) is 0 Å². The van der Waals surface area contributed by atoms with Gasteiger partial charge in [0.25, 0.3) is 0 Å². The van der Waals surface area contributed by atoms with Crippen LogP contribution in [0.3, 0.4) is 0 Å². The maximum atomic E-state index is 7.45. The molecule has 6 aromatic carbocycles. The number of ether oxygens (including phenoxy) is 1. The van der Waals surface area contributed by atoms with E-state index >= 15 is 0 Å². The molecule has 286 valence electrons. The van der Waals surface area contributed by atoms with Crippen LogP contribution < -0.4 is 4.74 Å². The van der Waals surface area contributed by atoms with Gasteiger partial charge in [0.05, 0.1) is 6.61 Å². The van der Waals surface area contributed by atoms with Crippen LogP contribution in [0.25, 0.3) is 12.2 Å². The maximum absolute atomic E-state index is 7.45. The zero-order valence-corrected chi connectivity index (χ0v) is 34.4. The van der Waals surface area contributed by atoms with Gasteiger partial charge in [0, 0.05) is 34.8 Å². The molecule has 12 rings (SSSR count). The van der Waals surface area contributed by atoms with Gasteiger partial charge in [-0.05, 0) is 96.1 Å². The topological polar surface area (TPSA) is 9.23 Å². The molecule has 0 spiro atoms. The van der Waals surface area contributed by atoms with Crippen LogP contribution in [0.4, 0.5) is 0 Å². The van der Waals surface area contributed by atoms with Crippen molar-refractivity contribution < 1.29 is 4.74 Å². The van der Waals surface area contributed by atoms with Crippen molar-refractivity contribution >= 4 is 12.2 Å². The van der Waals surface area contributed by atoms with Crippen LogP contribution in [0, 0.1) is 0 Å². The second kappa shape index (κ2) is 14.7. The van der Waals surface area contributed by atoms with E-state index in [4.69, 9.17) is 4.74 Å². The summed E-state index contributed by atoms with van der Waals surface area (Å²) in [5.41, 5.74) is 22.9. The van der Waals surface area contributed by atoms with E-state index in [0.717, 1.165) is 13.0 Å². The van der Waals surface area contributed by atoms with E-state index in [1.165, 1.54) is 127 Å². The molecule has 6 aromatic rings. The largest absolute Gasteiger partial charge is 0.493 e. The van der Waals surface area contributed by atoms with E-state index in [1.54, 1.807) is 0 Å². The van der Waals surface area contributed by atoms with Gasteiger partial charge in [0.1, 0.15) is 5.75 Å². The summed E-state index contributed by atoms with van der Waals surface area (Å²) >= 11 is 0. The summed E-state index contributed by atoms with van der Waals surface area (Å²) in [5.74, 6) is 2.62.